The van der Waals surface area contributed by atoms with Crippen LogP contribution in [0.5, 0.6) is 0 Å². The lowest BCUT2D eigenvalue weighted by molar-refractivity contribution is -0.130. The van der Waals surface area contributed by atoms with Crippen LogP contribution in [0.3, 0.4) is 0 Å². The van der Waals surface area contributed by atoms with E-state index in [1.807, 2.05) is 35.2 Å². The molecule has 1 heterocycles. The van der Waals surface area contributed by atoms with Crippen molar-refractivity contribution in [1.82, 2.24) is 4.90 Å². The fourth-order valence-corrected chi connectivity index (χ4v) is 2.04. The number of nitrogens with zero attached hydrogens (tertiary/aromatic N) is 1. The van der Waals surface area contributed by atoms with Gasteiger partial charge in [-0.1, -0.05) is 36.8 Å². The van der Waals surface area contributed by atoms with Crippen molar-refractivity contribution in [2.24, 2.45) is 0 Å². The number of carbonyl (C=O) groups is 1. The second-order valence-corrected chi connectivity index (χ2v) is 4.29. The van der Waals surface area contributed by atoms with Gasteiger partial charge in [0.15, 0.2) is 0 Å². The van der Waals surface area contributed by atoms with Crippen LogP contribution < -0.4 is 0 Å². The summed E-state index contributed by atoms with van der Waals surface area (Å²) >= 11 is 0. The third-order valence-electron chi connectivity index (χ3n) is 2.99. The first-order valence-corrected chi connectivity index (χ1v) is 5.99. The van der Waals surface area contributed by atoms with Gasteiger partial charge in [0, 0.05) is 13.1 Å². The summed E-state index contributed by atoms with van der Waals surface area (Å²) in [6, 6.07) is 9.97. The van der Waals surface area contributed by atoms with Gasteiger partial charge in [0.2, 0.25) is 5.91 Å². The first kappa shape index (κ1) is 11.2. The van der Waals surface area contributed by atoms with Crippen LogP contribution in [0.2, 0.25) is 0 Å². The predicted molar refractivity (Wildman–Crippen MR) is 64.9 cm³/mol. The van der Waals surface area contributed by atoms with Crippen molar-refractivity contribution in [3.63, 3.8) is 0 Å². The van der Waals surface area contributed by atoms with Crippen molar-refractivity contribution in [1.29, 1.82) is 0 Å². The molecular formula is C14H18NO. The fraction of sp³-hybridized carbons (Fsp3) is 0.429. The SMILES string of the molecule is O=C(Cc1ccccc1)N1C[CH]CCCC1. The van der Waals surface area contributed by atoms with Crippen molar-refractivity contribution in [3.8, 4) is 0 Å². The molecule has 0 aromatic heterocycles. The third-order valence-corrected chi connectivity index (χ3v) is 2.99. The van der Waals surface area contributed by atoms with E-state index in [-0.39, 0.29) is 5.91 Å². The zero-order valence-electron chi connectivity index (χ0n) is 9.56. The number of likely N-dealkylation sites (tertiary alicyclic amines) is 1. The molecule has 1 amide bonds. The summed E-state index contributed by atoms with van der Waals surface area (Å²) in [5.74, 6) is 0.254. The normalized spacial score (nSPS) is 16.9. The minimum atomic E-state index is 0.254. The maximum absolute atomic E-state index is 12.0. The Morgan fingerprint density at radius 3 is 2.81 bits per heavy atom. The van der Waals surface area contributed by atoms with Crippen LogP contribution >= 0.6 is 0 Å². The minimum Gasteiger partial charge on any atom is -0.342 e. The molecule has 1 radical (unpaired) electrons. The molecule has 0 bridgehead atoms. The molecule has 85 valence electrons. The Morgan fingerprint density at radius 2 is 2.00 bits per heavy atom. The Kier molecular flexibility index (Phi) is 3.97. The molecule has 0 saturated carbocycles. The first-order chi connectivity index (χ1) is 7.86. The molecular weight excluding hydrogens is 198 g/mol. The van der Waals surface area contributed by atoms with Gasteiger partial charge in [0.05, 0.1) is 6.42 Å². The number of amides is 1. The lowest BCUT2D eigenvalue weighted by Crippen LogP contribution is -2.33. The van der Waals surface area contributed by atoms with E-state index < -0.39 is 0 Å². The lowest BCUT2D eigenvalue weighted by atomic mass is 10.1. The zero-order chi connectivity index (χ0) is 11.2. The van der Waals surface area contributed by atoms with Crippen molar-refractivity contribution in [2.75, 3.05) is 13.1 Å². The summed E-state index contributed by atoms with van der Waals surface area (Å²) in [5, 5.41) is 0. The highest BCUT2D eigenvalue weighted by Crippen LogP contribution is 2.11. The molecule has 2 nitrogen and oxygen atoms in total. The number of rotatable bonds is 2. The van der Waals surface area contributed by atoms with Crippen LogP contribution in [-0.4, -0.2) is 23.9 Å². The largest absolute Gasteiger partial charge is 0.342 e. The third kappa shape index (κ3) is 3.09. The van der Waals surface area contributed by atoms with Crippen molar-refractivity contribution >= 4 is 5.91 Å². The van der Waals surface area contributed by atoms with Gasteiger partial charge in [-0.15, -0.1) is 0 Å². The summed E-state index contributed by atoms with van der Waals surface area (Å²) in [4.78, 5) is 14.0. The molecule has 0 spiro atoms. The standard InChI is InChI=1S/C14H18NO/c16-14(12-13-8-4-3-5-9-13)15-10-6-1-2-7-11-15/h3-6,8-9H,1-2,7,10-12H2. The van der Waals surface area contributed by atoms with E-state index in [1.165, 1.54) is 6.42 Å². The molecule has 1 aliphatic rings. The molecule has 1 aliphatic heterocycles. The Balaban J connectivity index is 1.92. The Morgan fingerprint density at radius 1 is 1.19 bits per heavy atom. The minimum absolute atomic E-state index is 0.254. The molecule has 0 aliphatic carbocycles. The van der Waals surface area contributed by atoms with Gasteiger partial charge in [-0.2, -0.15) is 0 Å². The maximum Gasteiger partial charge on any atom is 0.226 e. The predicted octanol–water partition coefficient (Wildman–Crippen LogP) is 2.45. The van der Waals surface area contributed by atoms with Gasteiger partial charge in [-0.3, -0.25) is 4.79 Å². The van der Waals surface area contributed by atoms with E-state index in [0.717, 1.165) is 31.5 Å². The van der Waals surface area contributed by atoms with E-state index in [2.05, 4.69) is 6.42 Å². The van der Waals surface area contributed by atoms with Crippen LogP contribution in [0.15, 0.2) is 30.3 Å². The van der Waals surface area contributed by atoms with Crippen LogP contribution in [0, 0.1) is 6.42 Å². The highest BCUT2D eigenvalue weighted by atomic mass is 16.2. The summed E-state index contributed by atoms with van der Waals surface area (Å²) < 4.78 is 0. The number of hydrogen-bond donors (Lipinski definition) is 0. The highest BCUT2D eigenvalue weighted by Gasteiger charge is 2.15. The molecule has 16 heavy (non-hydrogen) atoms. The lowest BCUT2D eigenvalue weighted by Gasteiger charge is -2.20. The van der Waals surface area contributed by atoms with E-state index >= 15 is 0 Å². The maximum atomic E-state index is 12.0. The van der Waals surface area contributed by atoms with Crippen molar-refractivity contribution in [2.45, 2.75) is 25.7 Å². The van der Waals surface area contributed by atoms with Crippen LogP contribution in [0.4, 0.5) is 0 Å². The molecule has 1 aromatic rings. The molecule has 0 atom stereocenters. The highest BCUT2D eigenvalue weighted by molar-refractivity contribution is 5.78. The van der Waals surface area contributed by atoms with Crippen molar-refractivity contribution < 1.29 is 4.79 Å². The van der Waals surface area contributed by atoms with E-state index in [4.69, 9.17) is 0 Å². The molecule has 0 unspecified atom stereocenters. The Bertz CT molecular complexity index is 326. The second-order valence-electron chi connectivity index (χ2n) is 4.29. The topological polar surface area (TPSA) is 20.3 Å². The average Bonchev–Trinajstić information content (AvgIpc) is 2.59. The van der Waals surface area contributed by atoms with Crippen LogP contribution in [-0.2, 0) is 11.2 Å². The molecule has 2 heteroatoms. The molecule has 1 aromatic carbocycles. The quantitative estimate of drug-likeness (QED) is 0.743. The van der Waals surface area contributed by atoms with Gasteiger partial charge in [-0.25, -0.2) is 0 Å². The fourth-order valence-electron chi connectivity index (χ4n) is 2.04. The van der Waals surface area contributed by atoms with Crippen LogP contribution in [0.1, 0.15) is 24.8 Å². The number of carbonyl (C=O) groups excluding carboxylic acids is 1. The van der Waals surface area contributed by atoms with Gasteiger partial charge >= 0.3 is 0 Å². The van der Waals surface area contributed by atoms with Gasteiger partial charge in [-0.05, 0) is 24.8 Å². The zero-order valence-corrected chi connectivity index (χ0v) is 9.56. The first-order valence-electron chi connectivity index (χ1n) is 5.99. The molecule has 1 fully saturated rings. The van der Waals surface area contributed by atoms with Gasteiger partial charge in [0.1, 0.15) is 0 Å². The Hall–Kier alpha value is -1.31. The van der Waals surface area contributed by atoms with E-state index in [1.54, 1.807) is 0 Å². The summed E-state index contributed by atoms with van der Waals surface area (Å²) in [6.45, 7) is 1.74. The second kappa shape index (κ2) is 5.69. The van der Waals surface area contributed by atoms with E-state index in [0.29, 0.717) is 6.42 Å². The van der Waals surface area contributed by atoms with Crippen LogP contribution in [0.25, 0.3) is 0 Å². The summed E-state index contributed by atoms with van der Waals surface area (Å²) in [5.41, 5.74) is 1.11. The Labute approximate surface area is 97.3 Å². The van der Waals surface area contributed by atoms with E-state index in [9.17, 15) is 4.79 Å². The monoisotopic (exact) mass is 216 g/mol. The average molecular weight is 216 g/mol. The molecule has 1 saturated heterocycles. The van der Waals surface area contributed by atoms with Gasteiger partial charge < -0.3 is 4.90 Å². The summed E-state index contributed by atoms with van der Waals surface area (Å²) in [7, 11) is 0. The van der Waals surface area contributed by atoms with Gasteiger partial charge in [0.25, 0.3) is 0 Å². The smallest absolute Gasteiger partial charge is 0.226 e. The van der Waals surface area contributed by atoms with Crippen molar-refractivity contribution in [3.05, 3.63) is 42.3 Å². The number of benzene rings is 1. The molecule has 2 rings (SSSR count). The summed E-state index contributed by atoms with van der Waals surface area (Å²) in [6.07, 6.45) is 6.26. The number of hydrogen-bond acceptors (Lipinski definition) is 1. The molecule has 0 N–H and O–H groups in total.